The van der Waals surface area contributed by atoms with E-state index in [9.17, 15) is 0 Å². The topological polar surface area (TPSA) is 38.0 Å². The van der Waals surface area contributed by atoms with Gasteiger partial charge in [-0.1, -0.05) is 13.3 Å². The molecule has 2 aliphatic carbocycles. The van der Waals surface area contributed by atoms with Crippen LogP contribution < -0.4 is 11.1 Å². The zero-order chi connectivity index (χ0) is 9.97. The van der Waals surface area contributed by atoms with Crippen LogP contribution in [0.2, 0.25) is 0 Å². The molecule has 0 aromatic rings. The van der Waals surface area contributed by atoms with Gasteiger partial charge in [0.15, 0.2) is 0 Å². The highest BCUT2D eigenvalue weighted by molar-refractivity contribution is 4.88. The van der Waals surface area contributed by atoms with Crippen molar-refractivity contribution in [2.45, 2.75) is 57.5 Å². The van der Waals surface area contributed by atoms with E-state index >= 15 is 0 Å². The molecular formula is C12H24N2. The highest BCUT2D eigenvalue weighted by Gasteiger charge is 2.30. The lowest BCUT2D eigenvalue weighted by atomic mass is 9.79. The minimum absolute atomic E-state index is 0.610. The summed E-state index contributed by atoms with van der Waals surface area (Å²) in [6, 6.07) is 1.37. The van der Waals surface area contributed by atoms with E-state index in [4.69, 9.17) is 5.73 Å². The average Bonchev–Trinajstić information content (AvgIpc) is 2.47. The van der Waals surface area contributed by atoms with Crippen molar-refractivity contribution in [3.05, 3.63) is 0 Å². The van der Waals surface area contributed by atoms with Gasteiger partial charge >= 0.3 is 0 Å². The Balaban J connectivity index is 1.76. The third-order valence-corrected chi connectivity index (χ3v) is 4.12. The van der Waals surface area contributed by atoms with E-state index in [1.165, 1.54) is 38.5 Å². The number of hydrogen-bond donors (Lipinski definition) is 2. The van der Waals surface area contributed by atoms with Crippen molar-refractivity contribution in [3.8, 4) is 0 Å². The number of rotatable bonds is 4. The van der Waals surface area contributed by atoms with Crippen LogP contribution in [0.5, 0.6) is 0 Å². The lowest BCUT2D eigenvalue weighted by Gasteiger charge is -2.35. The molecule has 82 valence electrons. The molecule has 0 aliphatic heterocycles. The zero-order valence-corrected chi connectivity index (χ0v) is 9.34. The molecule has 14 heavy (non-hydrogen) atoms. The minimum Gasteiger partial charge on any atom is -0.329 e. The van der Waals surface area contributed by atoms with Gasteiger partial charge in [0.2, 0.25) is 0 Å². The molecule has 2 saturated carbocycles. The lowest BCUT2D eigenvalue weighted by Crippen LogP contribution is -2.48. The molecule has 2 fully saturated rings. The lowest BCUT2D eigenvalue weighted by molar-refractivity contribution is 0.217. The maximum Gasteiger partial charge on any atom is 0.0221 e. The fourth-order valence-corrected chi connectivity index (χ4v) is 2.90. The summed E-state index contributed by atoms with van der Waals surface area (Å²) in [6.45, 7) is 3.19. The van der Waals surface area contributed by atoms with Gasteiger partial charge in [-0.2, -0.15) is 0 Å². The molecule has 2 heteroatoms. The Bertz CT molecular complexity index is 177. The van der Waals surface area contributed by atoms with Crippen LogP contribution in [0.15, 0.2) is 0 Å². The third-order valence-electron chi connectivity index (χ3n) is 4.12. The standard InChI is InChI=1S/C12H24N2/c1-9-5-6-11(7-9)14-12(8-13)10-3-2-4-10/h9-12,14H,2-8,13H2,1H3. The number of hydrogen-bond acceptors (Lipinski definition) is 2. The molecule has 3 unspecified atom stereocenters. The van der Waals surface area contributed by atoms with Gasteiger partial charge < -0.3 is 11.1 Å². The monoisotopic (exact) mass is 196 g/mol. The summed E-state index contributed by atoms with van der Waals surface area (Å²) >= 11 is 0. The fraction of sp³-hybridized carbons (Fsp3) is 1.00. The molecule has 0 heterocycles. The van der Waals surface area contributed by atoms with Gasteiger partial charge in [0.05, 0.1) is 0 Å². The smallest absolute Gasteiger partial charge is 0.0221 e. The molecule has 0 bridgehead atoms. The van der Waals surface area contributed by atoms with E-state index in [1.54, 1.807) is 0 Å². The Morgan fingerprint density at radius 1 is 1.29 bits per heavy atom. The summed E-state index contributed by atoms with van der Waals surface area (Å²) in [6.07, 6.45) is 8.35. The first kappa shape index (κ1) is 10.4. The van der Waals surface area contributed by atoms with E-state index in [0.29, 0.717) is 6.04 Å². The molecule has 0 aromatic heterocycles. The Kier molecular flexibility index (Phi) is 3.45. The minimum atomic E-state index is 0.610. The predicted octanol–water partition coefficient (Wildman–Crippen LogP) is 1.89. The predicted molar refractivity (Wildman–Crippen MR) is 60.1 cm³/mol. The maximum atomic E-state index is 5.83. The Labute approximate surface area is 87.6 Å². The van der Waals surface area contributed by atoms with Gasteiger partial charge in [0, 0.05) is 18.6 Å². The normalized spacial score (nSPS) is 35.6. The van der Waals surface area contributed by atoms with Crippen molar-refractivity contribution in [3.63, 3.8) is 0 Å². The Hall–Kier alpha value is -0.0800. The van der Waals surface area contributed by atoms with Crippen LogP contribution in [0.1, 0.15) is 45.4 Å². The van der Waals surface area contributed by atoms with E-state index in [0.717, 1.165) is 24.4 Å². The van der Waals surface area contributed by atoms with Crippen LogP contribution in [0.25, 0.3) is 0 Å². The van der Waals surface area contributed by atoms with E-state index in [2.05, 4.69) is 12.2 Å². The Morgan fingerprint density at radius 2 is 2.07 bits per heavy atom. The van der Waals surface area contributed by atoms with Crippen molar-refractivity contribution in [2.75, 3.05) is 6.54 Å². The summed E-state index contributed by atoms with van der Waals surface area (Å²) < 4.78 is 0. The quantitative estimate of drug-likeness (QED) is 0.720. The van der Waals surface area contributed by atoms with Crippen LogP contribution >= 0.6 is 0 Å². The number of nitrogens with one attached hydrogen (secondary N) is 1. The number of nitrogens with two attached hydrogens (primary N) is 1. The first-order valence-corrected chi connectivity index (χ1v) is 6.25. The molecule has 3 atom stereocenters. The van der Waals surface area contributed by atoms with Crippen molar-refractivity contribution in [1.82, 2.24) is 5.32 Å². The van der Waals surface area contributed by atoms with Gasteiger partial charge in [-0.15, -0.1) is 0 Å². The molecule has 0 amide bonds. The van der Waals surface area contributed by atoms with Crippen molar-refractivity contribution >= 4 is 0 Å². The van der Waals surface area contributed by atoms with Gasteiger partial charge in [-0.05, 0) is 43.9 Å². The molecule has 0 aromatic carbocycles. The Morgan fingerprint density at radius 3 is 2.50 bits per heavy atom. The summed E-state index contributed by atoms with van der Waals surface area (Å²) in [5, 5.41) is 3.77. The summed E-state index contributed by atoms with van der Waals surface area (Å²) in [5.41, 5.74) is 5.83. The van der Waals surface area contributed by atoms with E-state index < -0.39 is 0 Å². The molecule has 2 nitrogen and oxygen atoms in total. The largest absolute Gasteiger partial charge is 0.329 e. The average molecular weight is 196 g/mol. The van der Waals surface area contributed by atoms with Gasteiger partial charge in [0.1, 0.15) is 0 Å². The highest BCUT2D eigenvalue weighted by atomic mass is 15.0. The van der Waals surface area contributed by atoms with E-state index in [-0.39, 0.29) is 0 Å². The molecule has 3 N–H and O–H groups in total. The highest BCUT2D eigenvalue weighted by Crippen LogP contribution is 2.31. The molecule has 0 spiro atoms. The van der Waals surface area contributed by atoms with Crippen LogP contribution in [0.4, 0.5) is 0 Å². The molecular weight excluding hydrogens is 172 g/mol. The second kappa shape index (κ2) is 4.63. The van der Waals surface area contributed by atoms with Crippen LogP contribution in [0.3, 0.4) is 0 Å². The second-order valence-electron chi connectivity index (χ2n) is 5.31. The van der Waals surface area contributed by atoms with Crippen molar-refractivity contribution in [2.24, 2.45) is 17.6 Å². The first-order chi connectivity index (χ1) is 6.79. The van der Waals surface area contributed by atoms with Gasteiger partial charge in [-0.3, -0.25) is 0 Å². The van der Waals surface area contributed by atoms with Gasteiger partial charge in [0.25, 0.3) is 0 Å². The summed E-state index contributed by atoms with van der Waals surface area (Å²) in [7, 11) is 0. The summed E-state index contributed by atoms with van der Waals surface area (Å²) in [5.74, 6) is 1.81. The van der Waals surface area contributed by atoms with E-state index in [1.807, 2.05) is 0 Å². The fourth-order valence-electron chi connectivity index (χ4n) is 2.90. The van der Waals surface area contributed by atoms with Crippen LogP contribution in [-0.4, -0.2) is 18.6 Å². The third kappa shape index (κ3) is 2.29. The zero-order valence-electron chi connectivity index (χ0n) is 9.34. The first-order valence-electron chi connectivity index (χ1n) is 6.25. The molecule has 0 saturated heterocycles. The van der Waals surface area contributed by atoms with Gasteiger partial charge in [-0.25, -0.2) is 0 Å². The molecule has 2 rings (SSSR count). The molecule has 0 radical (unpaired) electrons. The molecule has 2 aliphatic rings. The van der Waals surface area contributed by atoms with Crippen molar-refractivity contribution in [1.29, 1.82) is 0 Å². The summed E-state index contributed by atoms with van der Waals surface area (Å²) in [4.78, 5) is 0. The van der Waals surface area contributed by atoms with Crippen LogP contribution in [0, 0.1) is 11.8 Å². The second-order valence-corrected chi connectivity index (χ2v) is 5.31. The SMILES string of the molecule is CC1CCC(NC(CN)C2CCC2)C1. The van der Waals surface area contributed by atoms with Crippen LogP contribution in [-0.2, 0) is 0 Å². The van der Waals surface area contributed by atoms with Crippen molar-refractivity contribution < 1.29 is 0 Å². The maximum absolute atomic E-state index is 5.83.